The lowest BCUT2D eigenvalue weighted by molar-refractivity contribution is 0.0602. The maximum absolute atomic E-state index is 11.9. The Morgan fingerprint density at radius 1 is 1.08 bits per heavy atom. The van der Waals surface area contributed by atoms with E-state index in [4.69, 9.17) is 4.74 Å². The van der Waals surface area contributed by atoms with Gasteiger partial charge in [-0.1, -0.05) is 24.3 Å². The van der Waals surface area contributed by atoms with Gasteiger partial charge in [-0.15, -0.1) is 0 Å². The van der Waals surface area contributed by atoms with Crippen molar-refractivity contribution in [3.8, 4) is 5.75 Å². The van der Waals surface area contributed by atoms with Crippen LogP contribution in [0.3, 0.4) is 0 Å². The number of esters is 1. The monoisotopic (exact) mass is 328 g/mol. The maximum atomic E-state index is 11.9. The van der Waals surface area contributed by atoms with Crippen LogP contribution in [0.2, 0.25) is 0 Å². The number of urea groups is 1. The van der Waals surface area contributed by atoms with Crippen molar-refractivity contribution in [3.63, 3.8) is 0 Å². The van der Waals surface area contributed by atoms with Crippen LogP contribution in [0.5, 0.6) is 5.75 Å². The molecule has 0 saturated carbocycles. The van der Waals surface area contributed by atoms with Crippen molar-refractivity contribution in [3.05, 3.63) is 59.7 Å². The van der Waals surface area contributed by atoms with E-state index in [2.05, 4.69) is 15.4 Å². The van der Waals surface area contributed by atoms with Crippen LogP contribution in [0.25, 0.3) is 0 Å². The zero-order chi connectivity index (χ0) is 17.4. The number of hydrogen-bond acceptors (Lipinski definition) is 4. The minimum absolute atomic E-state index is 0.297. The molecule has 0 aliphatic carbocycles. The van der Waals surface area contributed by atoms with Gasteiger partial charge in [0.05, 0.1) is 24.9 Å². The van der Waals surface area contributed by atoms with Gasteiger partial charge in [-0.3, -0.25) is 0 Å². The largest absolute Gasteiger partial charge is 0.492 e. The first-order chi connectivity index (χ1) is 11.6. The molecule has 0 fully saturated rings. The second-order valence-corrected chi connectivity index (χ2v) is 5.08. The van der Waals surface area contributed by atoms with Crippen molar-refractivity contribution in [1.82, 2.24) is 5.32 Å². The Bertz CT molecular complexity index is 716. The summed E-state index contributed by atoms with van der Waals surface area (Å²) in [6.07, 6.45) is 0. The normalized spacial score (nSPS) is 9.92. The Morgan fingerprint density at radius 2 is 1.88 bits per heavy atom. The lowest BCUT2D eigenvalue weighted by Crippen LogP contribution is -2.32. The number of benzene rings is 2. The van der Waals surface area contributed by atoms with Gasteiger partial charge in [0.25, 0.3) is 0 Å². The molecule has 0 bridgehead atoms. The molecule has 0 unspecified atom stereocenters. The standard InChI is InChI=1S/C18H20N2O4/c1-13-6-5-7-14(12-13)24-11-10-19-18(22)20-16-9-4-3-8-15(16)17(21)23-2/h3-9,12H,10-11H2,1-2H3,(H2,19,20,22). The van der Waals surface area contributed by atoms with E-state index in [0.29, 0.717) is 24.4 Å². The van der Waals surface area contributed by atoms with Crippen LogP contribution in [-0.2, 0) is 4.74 Å². The summed E-state index contributed by atoms with van der Waals surface area (Å²) in [5, 5.41) is 5.30. The van der Waals surface area contributed by atoms with Gasteiger partial charge < -0.3 is 20.1 Å². The predicted octanol–water partition coefficient (Wildman–Crippen LogP) is 2.98. The summed E-state index contributed by atoms with van der Waals surface area (Å²) in [6, 6.07) is 13.9. The van der Waals surface area contributed by atoms with Crippen molar-refractivity contribution in [2.75, 3.05) is 25.6 Å². The second-order valence-electron chi connectivity index (χ2n) is 5.08. The molecule has 2 aromatic rings. The number of aryl methyl sites for hydroxylation is 1. The van der Waals surface area contributed by atoms with Gasteiger partial charge in [0.2, 0.25) is 0 Å². The first-order valence-electron chi connectivity index (χ1n) is 7.52. The van der Waals surface area contributed by atoms with E-state index in [1.165, 1.54) is 7.11 Å². The number of ether oxygens (including phenoxy) is 2. The predicted molar refractivity (Wildman–Crippen MR) is 91.5 cm³/mol. The zero-order valence-corrected chi connectivity index (χ0v) is 13.7. The molecule has 0 heterocycles. The average molecular weight is 328 g/mol. The third-order valence-corrected chi connectivity index (χ3v) is 3.23. The number of carbonyl (C=O) groups excluding carboxylic acids is 2. The molecule has 0 aromatic heterocycles. The molecule has 2 N–H and O–H groups in total. The molecule has 0 spiro atoms. The quantitative estimate of drug-likeness (QED) is 0.631. The van der Waals surface area contributed by atoms with Gasteiger partial charge >= 0.3 is 12.0 Å². The number of nitrogens with one attached hydrogen (secondary N) is 2. The third-order valence-electron chi connectivity index (χ3n) is 3.23. The van der Waals surface area contributed by atoms with E-state index in [0.717, 1.165) is 11.3 Å². The summed E-state index contributed by atoms with van der Waals surface area (Å²) >= 11 is 0. The smallest absolute Gasteiger partial charge is 0.339 e. The number of hydrogen-bond donors (Lipinski definition) is 2. The molecule has 2 amide bonds. The number of carbonyl (C=O) groups is 2. The summed E-state index contributed by atoms with van der Waals surface area (Å²) < 4.78 is 10.2. The Hall–Kier alpha value is -3.02. The highest BCUT2D eigenvalue weighted by Crippen LogP contribution is 2.15. The fraction of sp³-hybridized carbons (Fsp3) is 0.222. The van der Waals surface area contributed by atoms with Crippen LogP contribution in [0.15, 0.2) is 48.5 Å². The molecule has 6 heteroatoms. The molecular formula is C18H20N2O4. The Labute approximate surface area is 140 Å². The lowest BCUT2D eigenvalue weighted by Gasteiger charge is -2.11. The summed E-state index contributed by atoms with van der Waals surface area (Å²) in [4.78, 5) is 23.6. The SMILES string of the molecule is COC(=O)c1ccccc1NC(=O)NCCOc1cccc(C)c1. The number of para-hydroxylation sites is 1. The molecule has 0 aliphatic rings. The summed E-state index contributed by atoms with van der Waals surface area (Å²) in [5.74, 6) is 0.252. The van der Waals surface area contributed by atoms with Crippen molar-refractivity contribution < 1.29 is 19.1 Å². The Kier molecular flexibility index (Phi) is 6.19. The average Bonchev–Trinajstić information content (AvgIpc) is 2.58. The lowest BCUT2D eigenvalue weighted by atomic mass is 10.2. The van der Waals surface area contributed by atoms with Gasteiger partial charge in [0.15, 0.2) is 0 Å². The molecule has 6 nitrogen and oxygen atoms in total. The fourth-order valence-corrected chi connectivity index (χ4v) is 2.09. The minimum Gasteiger partial charge on any atom is -0.492 e. The van der Waals surface area contributed by atoms with Crippen LogP contribution in [0.1, 0.15) is 15.9 Å². The highest BCUT2D eigenvalue weighted by atomic mass is 16.5. The maximum Gasteiger partial charge on any atom is 0.339 e. The van der Waals surface area contributed by atoms with Crippen LogP contribution < -0.4 is 15.4 Å². The zero-order valence-electron chi connectivity index (χ0n) is 13.7. The van der Waals surface area contributed by atoms with Gasteiger partial charge in [0, 0.05) is 0 Å². The number of rotatable bonds is 6. The van der Waals surface area contributed by atoms with E-state index in [1.54, 1.807) is 24.3 Å². The van der Waals surface area contributed by atoms with E-state index in [9.17, 15) is 9.59 Å². The van der Waals surface area contributed by atoms with Gasteiger partial charge in [-0.2, -0.15) is 0 Å². The van der Waals surface area contributed by atoms with E-state index in [1.807, 2.05) is 31.2 Å². The van der Waals surface area contributed by atoms with Crippen LogP contribution in [-0.4, -0.2) is 32.3 Å². The fourth-order valence-electron chi connectivity index (χ4n) is 2.09. The van der Waals surface area contributed by atoms with Crippen molar-refractivity contribution in [1.29, 1.82) is 0 Å². The van der Waals surface area contributed by atoms with Gasteiger partial charge in [-0.05, 0) is 36.8 Å². The number of amides is 2. The van der Waals surface area contributed by atoms with Crippen molar-refractivity contribution in [2.45, 2.75) is 6.92 Å². The molecule has 0 radical (unpaired) electrons. The van der Waals surface area contributed by atoms with Gasteiger partial charge in [0.1, 0.15) is 12.4 Å². The highest BCUT2D eigenvalue weighted by molar-refractivity contribution is 6.00. The molecule has 2 aromatic carbocycles. The number of methoxy groups -OCH3 is 1. The molecule has 0 aliphatic heterocycles. The van der Waals surface area contributed by atoms with E-state index in [-0.39, 0.29) is 0 Å². The Balaban J connectivity index is 1.81. The second kappa shape index (κ2) is 8.57. The van der Waals surface area contributed by atoms with E-state index < -0.39 is 12.0 Å². The first-order valence-corrected chi connectivity index (χ1v) is 7.52. The molecule has 0 saturated heterocycles. The van der Waals surface area contributed by atoms with Crippen molar-refractivity contribution >= 4 is 17.7 Å². The van der Waals surface area contributed by atoms with Crippen molar-refractivity contribution in [2.24, 2.45) is 0 Å². The van der Waals surface area contributed by atoms with E-state index >= 15 is 0 Å². The van der Waals surface area contributed by atoms with Crippen LogP contribution >= 0.6 is 0 Å². The molecule has 0 atom stereocenters. The number of anilines is 1. The Morgan fingerprint density at radius 3 is 2.62 bits per heavy atom. The third kappa shape index (κ3) is 5.01. The molecule has 24 heavy (non-hydrogen) atoms. The molecule has 2 rings (SSSR count). The summed E-state index contributed by atoms with van der Waals surface area (Å²) in [7, 11) is 1.29. The topological polar surface area (TPSA) is 76.7 Å². The minimum atomic E-state index is -0.506. The highest BCUT2D eigenvalue weighted by Gasteiger charge is 2.12. The van der Waals surface area contributed by atoms with Crippen LogP contribution in [0, 0.1) is 6.92 Å². The van der Waals surface area contributed by atoms with Crippen LogP contribution in [0.4, 0.5) is 10.5 Å². The van der Waals surface area contributed by atoms with Gasteiger partial charge in [-0.25, -0.2) is 9.59 Å². The first kappa shape index (κ1) is 17.3. The summed E-state index contributed by atoms with van der Waals surface area (Å²) in [5.41, 5.74) is 1.80. The summed E-state index contributed by atoms with van der Waals surface area (Å²) in [6.45, 7) is 2.66. The molecule has 126 valence electrons. The molecular weight excluding hydrogens is 308 g/mol.